The Hall–Kier alpha value is -2.80. The van der Waals surface area contributed by atoms with E-state index in [-0.39, 0.29) is 12.0 Å². The molecule has 0 spiro atoms. The molecule has 27 heavy (non-hydrogen) atoms. The Labute approximate surface area is 157 Å². The molecule has 1 saturated heterocycles. The molecule has 4 heterocycles. The molecule has 3 aromatic heterocycles. The van der Waals surface area contributed by atoms with Crippen LogP contribution in [-0.4, -0.2) is 45.2 Å². The van der Waals surface area contributed by atoms with Gasteiger partial charge in [0.05, 0.1) is 35.0 Å². The van der Waals surface area contributed by atoms with E-state index in [1.54, 1.807) is 17.2 Å². The summed E-state index contributed by atoms with van der Waals surface area (Å²) in [7, 11) is 0. The zero-order valence-corrected chi connectivity index (χ0v) is 15.5. The Bertz CT molecular complexity index is 949. The molecule has 1 amide bonds. The van der Waals surface area contributed by atoms with Gasteiger partial charge >= 0.3 is 0 Å². The van der Waals surface area contributed by atoms with Crippen molar-refractivity contribution in [1.82, 2.24) is 20.0 Å². The zero-order chi connectivity index (χ0) is 18.8. The molecule has 1 fully saturated rings. The van der Waals surface area contributed by atoms with Crippen LogP contribution in [-0.2, 0) is 11.3 Å². The van der Waals surface area contributed by atoms with Crippen molar-refractivity contribution in [3.05, 3.63) is 53.1 Å². The van der Waals surface area contributed by atoms with Crippen molar-refractivity contribution in [2.75, 3.05) is 13.2 Å². The summed E-state index contributed by atoms with van der Waals surface area (Å²) in [6, 6.07) is 7.52. The fourth-order valence-corrected chi connectivity index (χ4v) is 3.50. The molecule has 0 aromatic carbocycles. The molecule has 1 unspecified atom stereocenters. The van der Waals surface area contributed by atoms with Crippen molar-refractivity contribution in [2.45, 2.75) is 39.3 Å². The van der Waals surface area contributed by atoms with Crippen LogP contribution < -0.4 is 0 Å². The maximum atomic E-state index is 13.5. The maximum Gasteiger partial charge on any atom is 0.258 e. The van der Waals surface area contributed by atoms with Gasteiger partial charge in [0.15, 0.2) is 0 Å². The van der Waals surface area contributed by atoms with Crippen LogP contribution in [0.1, 0.15) is 40.3 Å². The minimum atomic E-state index is -0.0852. The van der Waals surface area contributed by atoms with Crippen LogP contribution in [0.5, 0.6) is 0 Å². The van der Waals surface area contributed by atoms with Gasteiger partial charge in [-0.05, 0) is 44.9 Å². The molecule has 1 aliphatic heterocycles. The van der Waals surface area contributed by atoms with Gasteiger partial charge < -0.3 is 14.2 Å². The van der Waals surface area contributed by atoms with Gasteiger partial charge in [-0.2, -0.15) is 0 Å². The van der Waals surface area contributed by atoms with Gasteiger partial charge in [-0.15, -0.1) is 0 Å². The van der Waals surface area contributed by atoms with E-state index in [1.807, 2.05) is 32.0 Å². The van der Waals surface area contributed by atoms with Crippen LogP contribution in [0.4, 0.5) is 0 Å². The normalized spacial score (nSPS) is 16.7. The van der Waals surface area contributed by atoms with Crippen LogP contribution in [0.25, 0.3) is 11.1 Å². The smallest absolute Gasteiger partial charge is 0.258 e. The molecule has 0 radical (unpaired) electrons. The first-order chi connectivity index (χ1) is 13.1. The van der Waals surface area contributed by atoms with Crippen molar-refractivity contribution in [3.63, 3.8) is 0 Å². The Balaban J connectivity index is 1.70. The van der Waals surface area contributed by atoms with Crippen LogP contribution in [0.15, 0.2) is 35.0 Å². The second-order valence-corrected chi connectivity index (χ2v) is 6.90. The van der Waals surface area contributed by atoms with Crippen LogP contribution in [0.3, 0.4) is 0 Å². The number of carbonyl (C=O) groups is 1. The van der Waals surface area contributed by atoms with E-state index in [0.717, 1.165) is 30.8 Å². The van der Waals surface area contributed by atoms with Gasteiger partial charge in [-0.3, -0.25) is 9.78 Å². The van der Waals surface area contributed by atoms with E-state index in [0.29, 0.717) is 35.4 Å². The standard InChI is InChI=1S/C20H22N4O3/c1-13-10-17(18-14(2)23-27-19(18)22-13)20(25)24(12-16-7-5-9-26-16)11-15-6-3-4-8-21-15/h3-4,6,8,10,16H,5,7,9,11-12H2,1-2H3. The zero-order valence-electron chi connectivity index (χ0n) is 15.5. The van der Waals surface area contributed by atoms with Crippen molar-refractivity contribution < 1.29 is 14.1 Å². The van der Waals surface area contributed by atoms with Crippen LogP contribution >= 0.6 is 0 Å². The second kappa shape index (κ2) is 7.44. The Morgan fingerprint density at radius 3 is 2.96 bits per heavy atom. The molecule has 4 rings (SSSR count). The predicted octanol–water partition coefficient (Wildman–Crippen LogP) is 3.06. The lowest BCUT2D eigenvalue weighted by Gasteiger charge is -2.25. The highest BCUT2D eigenvalue weighted by molar-refractivity contribution is 6.06. The summed E-state index contributed by atoms with van der Waals surface area (Å²) in [4.78, 5) is 24.0. The van der Waals surface area contributed by atoms with Crippen LogP contribution in [0, 0.1) is 13.8 Å². The van der Waals surface area contributed by atoms with E-state index in [9.17, 15) is 4.79 Å². The number of aryl methyl sites for hydroxylation is 2. The number of amides is 1. The number of hydrogen-bond donors (Lipinski definition) is 0. The molecule has 0 aliphatic carbocycles. The van der Waals surface area contributed by atoms with E-state index < -0.39 is 0 Å². The quantitative estimate of drug-likeness (QED) is 0.690. The van der Waals surface area contributed by atoms with E-state index in [1.165, 1.54) is 0 Å². The Kier molecular flexibility index (Phi) is 4.85. The number of hydrogen-bond acceptors (Lipinski definition) is 6. The molecule has 7 heteroatoms. The summed E-state index contributed by atoms with van der Waals surface area (Å²) in [6.45, 7) is 5.37. The fraction of sp³-hybridized carbons (Fsp3) is 0.400. The minimum absolute atomic E-state index is 0.0552. The summed E-state index contributed by atoms with van der Waals surface area (Å²) in [6.07, 6.45) is 3.78. The lowest BCUT2D eigenvalue weighted by Crippen LogP contribution is -2.37. The molecule has 0 saturated carbocycles. The van der Waals surface area contributed by atoms with E-state index in [2.05, 4.69) is 15.1 Å². The van der Waals surface area contributed by atoms with Crippen LogP contribution in [0.2, 0.25) is 0 Å². The third-order valence-electron chi connectivity index (χ3n) is 4.79. The van der Waals surface area contributed by atoms with Gasteiger partial charge in [-0.1, -0.05) is 11.2 Å². The van der Waals surface area contributed by atoms with E-state index in [4.69, 9.17) is 9.26 Å². The summed E-state index contributed by atoms with van der Waals surface area (Å²) < 4.78 is 11.1. The number of rotatable bonds is 5. The second-order valence-electron chi connectivity index (χ2n) is 6.90. The molecule has 3 aromatic rings. The minimum Gasteiger partial charge on any atom is -0.376 e. The highest BCUT2D eigenvalue weighted by Crippen LogP contribution is 2.25. The first kappa shape index (κ1) is 17.6. The predicted molar refractivity (Wildman–Crippen MR) is 99.2 cm³/mol. The molecular formula is C20H22N4O3. The van der Waals surface area contributed by atoms with Crippen molar-refractivity contribution in [1.29, 1.82) is 0 Å². The molecule has 1 atom stereocenters. The number of fused-ring (bicyclic) bond motifs is 1. The number of nitrogens with zero attached hydrogens (tertiary/aromatic N) is 4. The fourth-order valence-electron chi connectivity index (χ4n) is 3.50. The molecule has 0 bridgehead atoms. The first-order valence-corrected chi connectivity index (χ1v) is 9.16. The molecule has 1 aliphatic rings. The largest absolute Gasteiger partial charge is 0.376 e. The highest BCUT2D eigenvalue weighted by Gasteiger charge is 2.27. The Morgan fingerprint density at radius 1 is 1.33 bits per heavy atom. The van der Waals surface area contributed by atoms with Crippen molar-refractivity contribution in [2.24, 2.45) is 0 Å². The summed E-state index contributed by atoms with van der Waals surface area (Å²) in [5.41, 5.74) is 3.18. The first-order valence-electron chi connectivity index (χ1n) is 9.16. The average Bonchev–Trinajstić information content (AvgIpc) is 3.31. The summed E-state index contributed by atoms with van der Waals surface area (Å²) in [5.74, 6) is -0.0852. The summed E-state index contributed by atoms with van der Waals surface area (Å²) >= 11 is 0. The third kappa shape index (κ3) is 3.68. The van der Waals surface area contributed by atoms with Gasteiger partial charge in [0.1, 0.15) is 0 Å². The monoisotopic (exact) mass is 366 g/mol. The maximum absolute atomic E-state index is 13.5. The SMILES string of the molecule is Cc1cc(C(=O)N(Cc2ccccn2)CC2CCCO2)c2c(C)noc2n1. The van der Waals surface area contributed by atoms with Crippen molar-refractivity contribution in [3.8, 4) is 0 Å². The number of carbonyl (C=O) groups excluding carboxylic acids is 1. The molecule has 0 N–H and O–H groups in total. The van der Waals surface area contributed by atoms with Gasteiger partial charge in [0, 0.05) is 25.0 Å². The Morgan fingerprint density at radius 2 is 2.22 bits per heavy atom. The third-order valence-corrected chi connectivity index (χ3v) is 4.79. The van der Waals surface area contributed by atoms with Gasteiger partial charge in [0.2, 0.25) is 0 Å². The number of pyridine rings is 2. The summed E-state index contributed by atoms with van der Waals surface area (Å²) in [5, 5.41) is 4.65. The number of aromatic nitrogens is 3. The highest BCUT2D eigenvalue weighted by atomic mass is 16.5. The van der Waals surface area contributed by atoms with Crippen molar-refractivity contribution >= 4 is 17.0 Å². The number of ether oxygens (including phenoxy) is 1. The lowest BCUT2D eigenvalue weighted by atomic mass is 10.1. The van der Waals surface area contributed by atoms with Gasteiger partial charge in [0.25, 0.3) is 11.6 Å². The average molecular weight is 366 g/mol. The molecular weight excluding hydrogens is 344 g/mol. The molecule has 7 nitrogen and oxygen atoms in total. The van der Waals surface area contributed by atoms with E-state index >= 15 is 0 Å². The van der Waals surface area contributed by atoms with Gasteiger partial charge in [-0.25, -0.2) is 4.98 Å². The molecule has 140 valence electrons. The topological polar surface area (TPSA) is 81.4 Å². The lowest BCUT2D eigenvalue weighted by molar-refractivity contribution is 0.0505.